The molecule has 1 rings (SSSR count). The summed E-state index contributed by atoms with van der Waals surface area (Å²) < 4.78 is 5.48. The highest BCUT2D eigenvalue weighted by Crippen LogP contribution is 2.08. The Bertz CT molecular complexity index is 79.3. The largest absolute Gasteiger partial charge is 0.362 e. The molecular weight excluding hydrogens is 126 g/mol. The number of nitrogens with zero attached hydrogens (tertiary/aromatic N) is 1. The molecule has 0 spiro atoms. The van der Waals surface area contributed by atoms with Gasteiger partial charge in [0.15, 0.2) is 0 Å². The molecule has 2 heteroatoms. The van der Waals surface area contributed by atoms with Crippen molar-refractivity contribution in [3.8, 4) is 0 Å². The molecule has 0 N–H and O–H groups in total. The predicted octanol–water partition coefficient (Wildman–Crippen LogP) is 1.53. The van der Waals surface area contributed by atoms with Gasteiger partial charge in [-0.2, -0.15) is 0 Å². The maximum Gasteiger partial charge on any atom is 0.123 e. The minimum atomic E-state index is 0.242. The van der Waals surface area contributed by atoms with Crippen molar-refractivity contribution < 1.29 is 4.74 Å². The average Bonchev–Trinajstić information content (AvgIpc) is 2.41. The Hall–Kier alpha value is -0.0800. The van der Waals surface area contributed by atoms with Gasteiger partial charge >= 0.3 is 0 Å². The Kier molecular flexibility index (Phi) is 3.76. The van der Waals surface area contributed by atoms with E-state index < -0.39 is 0 Å². The second kappa shape index (κ2) is 4.69. The summed E-state index contributed by atoms with van der Waals surface area (Å²) in [6, 6.07) is 0. The third-order valence-electron chi connectivity index (χ3n) is 1.75. The minimum Gasteiger partial charge on any atom is -0.362 e. The van der Waals surface area contributed by atoms with Gasteiger partial charge < -0.3 is 4.74 Å². The lowest BCUT2D eigenvalue weighted by molar-refractivity contribution is 0.0396. The molecule has 0 amide bonds. The molecule has 1 aliphatic heterocycles. The maximum absolute atomic E-state index is 5.48. The monoisotopic (exact) mass is 142 g/mol. The molecule has 1 radical (unpaired) electrons. The minimum absolute atomic E-state index is 0.242. The summed E-state index contributed by atoms with van der Waals surface area (Å²) >= 11 is 0. The standard InChI is InChI=1S/C8H16NO/c1-2-3-7-10-8-5-4-6-9-8/h8H,2-7H2,1H3. The van der Waals surface area contributed by atoms with Crippen LogP contribution in [0.5, 0.6) is 0 Å². The molecule has 0 bridgehead atoms. The van der Waals surface area contributed by atoms with Crippen molar-refractivity contribution >= 4 is 0 Å². The Balaban J connectivity index is 1.91. The number of hydrogen-bond acceptors (Lipinski definition) is 1. The van der Waals surface area contributed by atoms with Gasteiger partial charge in [-0.15, -0.1) is 0 Å². The van der Waals surface area contributed by atoms with Crippen LogP contribution in [0.4, 0.5) is 0 Å². The first-order chi connectivity index (χ1) is 4.93. The fraction of sp³-hybridized carbons (Fsp3) is 1.00. The lowest BCUT2D eigenvalue weighted by Crippen LogP contribution is -2.18. The van der Waals surface area contributed by atoms with Crippen molar-refractivity contribution in [1.82, 2.24) is 5.32 Å². The summed E-state index contributed by atoms with van der Waals surface area (Å²) in [6.45, 7) is 4.08. The fourth-order valence-corrected chi connectivity index (χ4v) is 1.09. The van der Waals surface area contributed by atoms with E-state index in [1.165, 1.54) is 19.3 Å². The molecule has 1 unspecified atom stereocenters. The first-order valence-corrected chi connectivity index (χ1v) is 4.21. The van der Waals surface area contributed by atoms with Crippen LogP contribution in [0.15, 0.2) is 0 Å². The van der Waals surface area contributed by atoms with Gasteiger partial charge in [0.1, 0.15) is 6.23 Å². The maximum atomic E-state index is 5.48. The summed E-state index contributed by atoms with van der Waals surface area (Å²) in [4.78, 5) is 0. The van der Waals surface area contributed by atoms with Crippen LogP contribution in [-0.4, -0.2) is 19.4 Å². The zero-order valence-corrected chi connectivity index (χ0v) is 6.68. The van der Waals surface area contributed by atoms with Crippen molar-refractivity contribution in [3.63, 3.8) is 0 Å². The lowest BCUT2D eigenvalue weighted by Gasteiger charge is -2.08. The summed E-state index contributed by atoms with van der Waals surface area (Å²) in [5, 5.41) is 4.29. The first-order valence-electron chi connectivity index (χ1n) is 4.21. The van der Waals surface area contributed by atoms with Crippen molar-refractivity contribution in [2.75, 3.05) is 13.2 Å². The molecule has 0 aromatic rings. The molecule has 1 fully saturated rings. The van der Waals surface area contributed by atoms with Crippen LogP contribution in [0.25, 0.3) is 0 Å². The van der Waals surface area contributed by atoms with E-state index in [2.05, 4.69) is 12.2 Å². The molecular formula is C8H16NO. The first kappa shape index (κ1) is 8.02. The van der Waals surface area contributed by atoms with Crippen LogP contribution in [0, 0.1) is 0 Å². The zero-order chi connectivity index (χ0) is 7.23. The van der Waals surface area contributed by atoms with Gasteiger partial charge in [0.2, 0.25) is 0 Å². The van der Waals surface area contributed by atoms with E-state index in [9.17, 15) is 0 Å². The average molecular weight is 142 g/mol. The Morgan fingerprint density at radius 3 is 3.10 bits per heavy atom. The van der Waals surface area contributed by atoms with Crippen LogP contribution in [-0.2, 0) is 4.74 Å². The molecule has 0 saturated carbocycles. The van der Waals surface area contributed by atoms with E-state index in [1.807, 2.05) is 0 Å². The molecule has 2 nitrogen and oxygen atoms in total. The van der Waals surface area contributed by atoms with E-state index in [1.54, 1.807) is 0 Å². The molecule has 59 valence electrons. The van der Waals surface area contributed by atoms with Gasteiger partial charge in [-0.25, -0.2) is 5.32 Å². The molecule has 0 aromatic carbocycles. The van der Waals surface area contributed by atoms with E-state index >= 15 is 0 Å². The third kappa shape index (κ3) is 2.67. The Morgan fingerprint density at radius 2 is 2.50 bits per heavy atom. The van der Waals surface area contributed by atoms with Gasteiger partial charge in [0.25, 0.3) is 0 Å². The predicted molar refractivity (Wildman–Crippen MR) is 40.9 cm³/mol. The van der Waals surface area contributed by atoms with Crippen molar-refractivity contribution in [2.45, 2.75) is 38.8 Å². The van der Waals surface area contributed by atoms with Gasteiger partial charge in [-0.3, -0.25) is 0 Å². The molecule has 0 aliphatic carbocycles. The number of hydrogen-bond donors (Lipinski definition) is 0. The van der Waals surface area contributed by atoms with Gasteiger partial charge in [-0.05, 0) is 19.3 Å². The van der Waals surface area contributed by atoms with Crippen LogP contribution in [0.1, 0.15) is 32.6 Å². The van der Waals surface area contributed by atoms with Crippen LogP contribution in [0.3, 0.4) is 0 Å². The summed E-state index contributed by atoms with van der Waals surface area (Å²) in [7, 11) is 0. The summed E-state index contributed by atoms with van der Waals surface area (Å²) in [5.41, 5.74) is 0. The second-order valence-corrected chi connectivity index (χ2v) is 2.73. The van der Waals surface area contributed by atoms with E-state index in [0.29, 0.717) is 0 Å². The number of ether oxygens (including phenoxy) is 1. The lowest BCUT2D eigenvalue weighted by atomic mass is 10.3. The molecule has 1 aliphatic rings. The number of unbranched alkanes of at least 4 members (excludes halogenated alkanes) is 1. The topological polar surface area (TPSA) is 23.3 Å². The Morgan fingerprint density at radius 1 is 1.60 bits per heavy atom. The molecule has 10 heavy (non-hydrogen) atoms. The van der Waals surface area contributed by atoms with Gasteiger partial charge in [0, 0.05) is 13.2 Å². The van der Waals surface area contributed by atoms with Crippen molar-refractivity contribution in [2.24, 2.45) is 0 Å². The molecule has 0 aromatic heterocycles. The molecule has 1 atom stereocenters. The number of rotatable bonds is 4. The highest BCUT2D eigenvalue weighted by molar-refractivity contribution is 4.64. The highest BCUT2D eigenvalue weighted by atomic mass is 16.5. The van der Waals surface area contributed by atoms with Gasteiger partial charge in [0.05, 0.1) is 0 Å². The fourth-order valence-electron chi connectivity index (χ4n) is 1.09. The summed E-state index contributed by atoms with van der Waals surface area (Å²) in [6.07, 6.45) is 4.99. The van der Waals surface area contributed by atoms with E-state index in [0.717, 1.165) is 19.6 Å². The molecule has 1 saturated heterocycles. The van der Waals surface area contributed by atoms with E-state index in [-0.39, 0.29) is 6.23 Å². The van der Waals surface area contributed by atoms with Crippen LogP contribution >= 0.6 is 0 Å². The van der Waals surface area contributed by atoms with E-state index in [4.69, 9.17) is 4.74 Å². The molecule has 1 heterocycles. The quantitative estimate of drug-likeness (QED) is 0.546. The summed E-state index contributed by atoms with van der Waals surface area (Å²) in [5.74, 6) is 0. The van der Waals surface area contributed by atoms with Crippen molar-refractivity contribution in [1.29, 1.82) is 0 Å². The third-order valence-corrected chi connectivity index (χ3v) is 1.75. The SMILES string of the molecule is CCCCOC1CCC[N]1. The zero-order valence-electron chi connectivity index (χ0n) is 6.68. The normalized spacial score (nSPS) is 25.5. The van der Waals surface area contributed by atoms with Crippen LogP contribution < -0.4 is 5.32 Å². The highest BCUT2D eigenvalue weighted by Gasteiger charge is 2.14. The smallest absolute Gasteiger partial charge is 0.123 e. The van der Waals surface area contributed by atoms with Crippen LogP contribution in [0.2, 0.25) is 0 Å². The van der Waals surface area contributed by atoms with Crippen molar-refractivity contribution in [3.05, 3.63) is 0 Å². The van der Waals surface area contributed by atoms with Gasteiger partial charge in [-0.1, -0.05) is 13.3 Å². The second-order valence-electron chi connectivity index (χ2n) is 2.73. The Labute approximate surface area is 63.0 Å².